The van der Waals surface area contributed by atoms with Crippen molar-refractivity contribution in [2.24, 2.45) is 0 Å². The summed E-state index contributed by atoms with van der Waals surface area (Å²) in [4.78, 5) is 0. The lowest BCUT2D eigenvalue weighted by atomic mass is 10.1. The Kier molecular flexibility index (Phi) is 18.1. The minimum Gasteiger partial charge on any atom is -1.00 e. The molecular formula is C17H37Br2NO. The van der Waals surface area contributed by atoms with Crippen molar-refractivity contribution in [3.63, 3.8) is 0 Å². The van der Waals surface area contributed by atoms with E-state index in [1.807, 2.05) is 0 Å². The highest BCUT2D eigenvalue weighted by Gasteiger charge is 2.18. The minimum atomic E-state index is -0.215. The summed E-state index contributed by atoms with van der Waals surface area (Å²) in [5, 5.41) is 10.4. The van der Waals surface area contributed by atoms with Crippen molar-refractivity contribution in [3.05, 3.63) is 0 Å². The van der Waals surface area contributed by atoms with Crippen molar-refractivity contribution >= 4 is 15.9 Å². The molecule has 1 unspecified atom stereocenters. The summed E-state index contributed by atoms with van der Waals surface area (Å²) in [7, 11) is 4.44. The highest BCUT2D eigenvalue weighted by atomic mass is 79.9. The van der Waals surface area contributed by atoms with Crippen molar-refractivity contribution < 1.29 is 26.6 Å². The first-order valence-electron chi connectivity index (χ1n) is 8.58. The summed E-state index contributed by atoms with van der Waals surface area (Å²) in [6.07, 6.45) is 13.7. The summed E-state index contributed by atoms with van der Waals surface area (Å²) in [6.45, 7) is 4.31. The lowest BCUT2D eigenvalue weighted by Gasteiger charge is -2.31. The van der Waals surface area contributed by atoms with Gasteiger partial charge in [-0.2, -0.15) is 0 Å². The van der Waals surface area contributed by atoms with Crippen molar-refractivity contribution in [1.29, 1.82) is 0 Å². The maximum atomic E-state index is 9.69. The molecule has 1 atom stereocenters. The molecule has 21 heavy (non-hydrogen) atoms. The third-order valence-corrected chi connectivity index (χ3v) is 4.75. The zero-order chi connectivity index (χ0) is 15.3. The normalized spacial score (nSPS) is 13.0. The Balaban J connectivity index is 0. The monoisotopic (exact) mass is 429 g/mol. The van der Waals surface area contributed by atoms with Gasteiger partial charge >= 0.3 is 0 Å². The first-order chi connectivity index (χ1) is 9.52. The van der Waals surface area contributed by atoms with Crippen LogP contribution in [0, 0.1) is 0 Å². The topological polar surface area (TPSA) is 20.2 Å². The molecule has 0 heterocycles. The van der Waals surface area contributed by atoms with Crippen molar-refractivity contribution in [2.45, 2.75) is 77.2 Å². The van der Waals surface area contributed by atoms with Crippen LogP contribution in [-0.4, -0.2) is 48.2 Å². The van der Waals surface area contributed by atoms with Gasteiger partial charge < -0.3 is 26.6 Å². The highest BCUT2D eigenvalue weighted by molar-refractivity contribution is 9.09. The molecule has 0 saturated heterocycles. The lowest BCUT2D eigenvalue weighted by Crippen LogP contribution is -3.00. The number of nitrogens with zero attached hydrogens (tertiary/aromatic N) is 1. The van der Waals surface area contributed by atoms with Gasteiger partial charge in [-0.05, 0) is 12.8 Å². The average Bonchev–Trinajstić information content (AvgIpc) is 2.40. The Morgan fingerprint density at radius 1 is 0.857 bits per heavy atom. The number of unbranched alkanes of at least 4 members (excludes halogenated alkanes) is 9. The average molecular weight is 431 g/mol. The fraction of sp³-hybridized carbons (Fsp3) is 1.00. The molecule has 0 aliphatic rings. The van der Waals surface area contributed by atoms with Crippen molar-refractivity contribution in [2.75, 3.05) is 32.5 Å². The summed E-state index contributed by atoms with van der Waals surface area (Å²) in [5.74, 6) is 0. The zero-order valence-corrected chi connectivity index (χ0v) is 17.6. The van der Waals surface area contributed by atoms with Crippen molar-refractivity contribution in [1.82, 2.24) is 0 Å². The number of aliphatic hydroxyl groups excluding tert-OH is 1. The van der Waals surface area contributed by atoms with Crippen molar-refractivity contribution in [3.8, 4) is 0 Å². The standard InChI is InChI=1S/C17H37BrNO.BrH/c1-4-5-6-7-8-9-10-11-12-13-14-19(2,3)16-17(20)15-18;/h17,20H,4-16H2,1-3H3;1H/q+1;/p-1. The molecule has 4 heteroatoms. The van der Waals surface area contributed by atoms with Gasteiger partial charge in [0.1, 0.15) is 12.6 Å². The van der Waals surface area contributed by atoms with E-state index in [9.17, 15) is 5.11 Å². The number of rotatable bonds is 14. The van der Waals surface area contributed by atoms with Gasteiger partial charge in [0, 0.05) is 5.33 Å². The van der Waals surface area contributed by atoms with Crippen LogP contribution in [0.1, 0.15) is 71.1 Å². The van der Waals surface area contributed by atoms with E-state index in [0.717, 1.165) is 11.0 Å². The molecule has 0 aliphatic carbocycles. The fourth-order valence-electron chi connectivity index (χ4n) is 2.74. The molecular weight excluding hydrogens is 394 g/mol. The molecule has 0 fully saturated rings. The summed E-state index contributed by atoms with van der Waals surface area (Å²) in [5.41, 5.74) is 0. The van der Waals surface area contributed by atoms with Gasteiger partial charge in [0.05, 0.1) is 20.6 Å². The van der Waals surface area contributed by atoms with Crippen LogP contribution in [0.5, 0.6) is 0 Å². The second kappa shape index (κ2) is 15.8. The molecule has 0 aliphatic heterocycles. The molecule has 130 valence electrons. The minimum absolute atomic E-state index is 0. The van der Waals surface area contributed by atoms with Gasteiger partial charge in [0.15, 0.2) is 0 Å². The van der Waals surface area contributed by atoms with E-state index >= 15 is 0 Å². The molecule has 0 spiro atoms. The van der Waals surface area contributed by atoms with Crippen LogP contribution >= 0.6 is 15.9 Å². The Morgan fingerprint density at radius 3 is 1.71 bits per heavy atom. The van der Waals surface area contributed by atoms with Gasteiger partial charge in [-0.15, -0.1) is 0 Å². The number of hydrogen-bond acceptors (Lipinski definition) is 1. The van der Waals surface area contributed by atoms with Crippen LogP contribution in [-0.2, 0) is 0 Å². The molecule has 1 N–H and O–H groups in total. The number of hydrogen-bond donors (Lipinski definition) is 1. The predicted octanol–water partition coefficient (Wildman–Crippen LogP) is 1.74. The molecule has 0 bridgehead atoms. The highest BCUT2D eigenvalue weighted by Crippen LogP contribution is 2.12. The van der Waals surface area contributed by atoms with Crippen LogP contribution in [0.3, 0.4) is 0 Å². The van der Waals surface area contributed by atoms with E-state index in [1.165, 1.54) is 70.8 Å². The van der Waals surface area contributed by atoms with Crippen LogP contribution in [0.4, 0.5) is 0 Å². The van der Waals surface area contributed by atoms with E-state index in [4.69, 9.17) is 0 Å². The summed E-state index contributed by atoms with van der Waals surface area (Å²) in [6, 6.07) is 0. The predicted molar refractivity (Wildman–Crippen MR) is 93.5 cm³/mol. The van der Waals surface area contributed by atoms with Gasteiger partial charge in [-0.1, -0.05) is 74.2 Å². The molecule has 0 saturated carbocycles. The maximum Gasteiger partial charge on any atom is 0.112 e. The quantitative estimate of drug-likeness (QED) is 0.253. The van der Waals surface area contributed by atoms with Gasteiger partial charge in [-0.3, -0.25) is 0 Å². The fourth-order valence-corrected chi connectivity index (χ4v) is 2.94. The van der Waals surface area contributed by atoms with Gasteiger partial charge in [0.2, 0.25) is 0 Å². The first-order valence-corrected chi connectivity index (χ1v) is 9.70. The Labute approximate surface area is 152 Å². The number of alkyl halides is 1. The molecule has 0 radical (unpaired) electrons. The largest absolute Gasteiger partial charge is 1.00 e. The number of likely N-dealkylation sites (N-methyl/N-ethyl adjacent to an activating group) is 1. The van der Waals surface area contributed by atoms with Gasteiger partial charge in [0.25, 0.3) is 0 Å². The van der Waals surface area contributed by atoms with E-state index in [1.54, 1.807) is 0 Å². The second-order valence-electron chi connectivity index (χ2n) is 6.83. The third-order valence-electron chi connectivity index (χ3n) is 4.00. The van der Waals surface area contributed by atoms with E-state index in [0.29, 0.717) is 5.33 Å². The molecule has 0 aromatic heterocycles. The van der Waals surface area contributed by atoms with E-state index in [2.05, 4.69) is 36.9 Å². The van der Waals surface area contributed by atoms with Crippen LogP contribution in [0.2, 0.25) is 0 Å². The summed E-state index contributed by atoms with van der Waals surface area (Å²) >= 11 is 3.34. The van der Waals surface area contributed by atoms with Gasteiger partial charge in [-0.25, -0.2) is 0 Å². The van der Waals surface area contributed by atoms with E-state index in [-0.39, 0.29) is 23.1 Å². The second-order valence-corrected chi connectivity index (χ2v) is 7.48. The first kappa shape index (κ1) is 24.1. The number of halogens is 2. The van der Waals surface area contributed by atoms with Crippen LogP contribution < -0.4 is 17.0 Å². The Bertz CT molecular complexity index is 213. The molecule has 2 nitrogen and oxygen atoms in total. The molecule has 0 rings (SSSR count). The third kappa shape index (κ3) is 17.1. The SMILES string of the molecule is CCCCCCCCCCCC[N+](C)(C)CC(O)CBr.[Br-]. The smallest absolute Gasteiger partial charge is 0.112 e. The van der Waals surface area contributed by atoms with E-state index < -0.39 is 0 Å². The Hall–Kier alpha value is 0.880. The molecule has 0 aromatic carbocycles. The van der Waals surface area contributed by atoms with Crippen LogP contribution in [0.15, 0.2) is 0 Å². The molecule has 0 amide bonds. The lowest BCUT2D eigenvalue weighted by molar-refractivity contribution is -0.893. The Morgan fingerprint density at radius 2 is 1.29 bits per heavy atom. The zero-order valence-electron chi connectivity index (χ0n) is 14.4. The van der Waals surface area contributed by atoms with Crippen LogP contribution in [0.25, 0.3) is 0 Å². The molecule has 0 aromatic rings. The summed E-state index contributed by atoms with van der Waals surface area (Å²) < 4.78 is 0.934. The number of quaternary nitrogens is 1. The maximum absolute atomic E-state index is 9.69. The number of aliphatic hydroxyl groups is 1.